The molecule has 0 radical (unpaired) electrons. The van der Waals surface area contributed by atoms with Crippen LogP contribution >= 0.6 is 0 Å². The highest BCUT2D eigenvalue weighted by molar-refractivity contribution is 7.89. The molecule has 1 aromatic heterocycles. The number of nitrogens with one attached hydrogen (secondary N) is 1. The summed E-state index contributed by atoms with van der Waals surface area (Å²) in [6, 6.07) is 7.86. The first kappa shape index (κ1) is 16.3. The van der Waals surface area contributed by atoms with Crippen molar-refractivity contribution in [2.24, 2.45) is 0 Å². The van der Waals surface area contributed by atoms with E-state index in [-0.39, 0.29) is 17.3 Å². The van der Waals surface area contributed by atoms with Crippen LogP contribution in [0.5, 0.6) is 0 Å². The zero-order valence-corrected chi connectivity index (χ0v) is 13.5. The Labute approximate surface area is 129 Å². The minimum absolute atomic E-state index is 0.0508. The van der Waals surface area contributed by atoms with Gasteiger partial charge in [-0.2, -0.15) is 0 Å². The summed E-state index contributed by atoms with van der Waals surface area (Å²) in [7, 11) is -0.469. The zero-order valence-electron chi connectivity index (χ0n) is 12.7. The molecule has 2 rings (SSSR count). The molecule has 118 valence electrons. The Hall–Kier alpha value is -2.12. The number of furan rings is 1. The molecule has 6 nitrogen and oxygen atoms in total. The van der Waals surface area contributed by atoms with E-state index in [1.54, 1.807) is 39.2 Å². The fourth-order valence-corrected chi connectivity index (χ4v) is 2.92. The topological polar surface area (TPSA) is 79.6 Å². The molecule has 0 spiro atoms. The van der Waals surface area contributed by atoms with Crippen molar-refractivity contribution >= 4 is 15.9 Å². The van der Waals surface area contributed by atoms with Crippen molar-refractivity contribution in [2.75, 3.05) is 14.1 Å². The van der Waals surface area contributed by atoms with Gasteiger partial charge in [-0.15, -0.1) is 0 Å². The van der Waals surface area contributed by atoms with E-state index in [1.165, 1.54) is 23.3 Å². The first-order valence-corrected chi connectivity index (χ1v) is 8.14. The van der Waals surface area contributed by atoms with Gasteiger partial charge in [0.2, 0.25) is 10.0 Å². The van der Waals surface area contributed by atoms with Crippen molar-refractivity contribution in [1.29, 1.82) is 0 Å². The molecular weight excluding hydrogens is 304 g/mol. The quantitative estimate of drug-likeness (QED) is 0.910. The number of aryl methyl sites for hydroxylation is 1. The second-order valence-electron chi connectivity index (χ2n) is 5.08. The predicted octanol–water partition coefficient (Wildman–Crippen LogP) is 1.77. The highest BCUT2D eigenvalue weighted by Gasteiger charge is 2.19. The van der Waals surface area contributed by atoms with Crippen LogP contribution in [0.25, 0.3) is 0 Å². The van der Waals surface area contributed by atoms with Gasteiger partial charge in [0.1, 0.15) is 5.76 Å². The number of amides is 1. The molecule has 0 bridgehead atoms. The Kier molecular flexibility index (Phi) is 4.68. The maximum atomic E-state index is 12.3. The number of sulfonamides is 1. The Morgan fingerprint density at radius 2 is 2.00 bits per heavy atom. The number of benzene rings is 1. The molecule has 0 aliphatic rings. The maximum Gasteiger partial charge on any atom is 0.253 e. The number of carbonyl (C=O) groups is 1. The molecule has 7 heteroatoms. The summed E-state index contributed by atoms with van der Waals surface area (Å²) in [6.07, 6.45) is 1.48. The van der Waals surface area contributed by atoms with Crippen molar-refractivity contribution in [2.45, 2.75) is 18.4 Å². The summed E-state index contributed by atoms with van der Waals surface area (Å²) in [5.41, 5.74) is 1.09. The number of hydrogen-bond donors (Lipinski definition) is 1. The van der Waals surface area contributed by atoms with Crippen molar-refractivity contribution in [3.63, 3.8) is 0 Å². The van der Waals surface area contributed by atoms with Crippen LogP contribution in [-0.2, 0) is 16.6 Å². The van der Waals surface area contributed by atoms with Gasteiger partial charge in [0.25, 0.3) is 5.91 Å². The molecule has 0 atom stereocenters. The molecule has 1 heterocycles. The van der Waals surface area contributed by atoms with Crippen LogP contribution in [0.2, 0.25) is 0 Å². The van der Waals surface area contributed by atoms with Crippen LogP contribution in [0, 0.1) is 6.92 Å². The summed E-state index contributed by atoms with van der Waals surface area (Å²) in [6.45, 7) is 1.82. The maximum absolute atomic E-state index is 12.3. The SMILES string of the molecule is Cc1ccc(S(=O)(=O)NCc2ccco2)cc1C(=O)N(C)C. The molecule has 0 saturated heterocycles. The first-order valence-electron chi connectivity index (χ1n) is 6.65. The second-order valence-corrected chi connectivity index (χ2v) is 6.85. The van der Waals surface area contributed by atoms with Crippen molar-refractivity contribution in [3.8, 4) is 0 Å². The van der Waals surface area contributed by atoms with E-state index < -0.39 is 10.0 Å². The third-order valence-corrected chi connectivity index (χ3v) is 4.57. The summed E-state index contributed by atoms with van der Waals surface area (Å²) >= 11 is 0. The van der Waals surface area contributed by atoms with Gasteiger partial charge in [-0.1, -0.05) is 6.07 Å². The average molecular weight is 322 g/mol. The number of hydrogen-bond acceptors (Lipinski definition) is 4. The van der Waals surface area contributed by atoms with Crippen LogP contribution in [0.1, 0.15) is 21.7 Å². The van der Waals surface area contributed by atoms with Gasteiger partial charge in [0.05, 0.1) is 17.7 Å². The Balaban J connectivity index is 2.27. The lowest BCUT2D eigenvalue weighted by molar-refractivity contribution is 0.0826. The predicted molar refractivity (Wildman–Crippen MR) is 81.9 cm³/mol. The van der Waals surface area contributed by atoms with Crippen LogP contribution in [0.4, 0.5) is 0 Å². The highest BCUT2D eigenvalue weighted by atomic mass is 32.2. The molecule has 0 aliphatic carbocycles. The van der Waals surface area contributed by atoms with Crippen molar-refractivity contribution in [1.82, 2.24) is 9.62 Å². The van der Waals surface area contributed by atoms with Crippen molar-refractivity contribution < 1.29 is 17.6 Å². The summed E-state index contributed by atoms with van der Waals surface area (Å²) in [4.78, 5) is 13.5. The van der Waals surface area contributed by atoms with E-state index in [2.05, 4.69) is 4.72 Å². The zero-order chi connectivity index (χ0) is 16.3. The molecule has 0 unspecified atom stereocenters. The van der Waals surface area contributed by atoms with Crippen LogP contribution in [0.15, 0.2) is 45.9 Å². The lowest BCUT2D eigenvalue weighted by Crippen LogP contribution is -2.25. The van der Waals surface area contributed by atoms with Crippen LogP contribution in [-0.4, -0.2) is 33.3 Å². The van der Waals surface area contributed by atoms with Gasteiger partial charge in [-0.3, -0.25) is 4.79 Å². The standard InChI is InChI=1S/C15H18N2O4S/c1-11-6-7-13(9-14(11)15(18)17(2)3)22(19,20)16-10-12-5-4-8-21-12/h4-9,16H,10H2,1-3H3. The van der Waals surface area contributed by atoms with Gasteiger partial charge in [0, 0.05) is 19.7 Å². The third kappa shape index (κ3) is 3.55. The fraction of sp³-hybridized carbons (Fsp3) is 0.267. The summed E-state index contributed by atoms with van der Waals surface area (Å²) in [5.74, 6) is 0.279. The second kappa shape index (κ2) is 6.33. The lowest BCUT2D eigenvalue weighted by atomic mass is 10.1. The molecular formula is C15H18N2O4S. The van der Waals surface area contributed by atoms with E-state index in [0.29, 0.717) is 11.3 Å². The summed E-state index contributed by atoms with van der Waals surface area (Å²) < 4.78 is 32.1. The van der Waals surface area contributed by atoms with Gasteiger partial charge in [-0.25, -0.2) is 13.1 Å². The Morgan fingerprint density at radius 3 is 2.59 bits per heavy atom. The summed E-state index contributed by atoms with van der Waals surface area (Å²) in [5, 5.41) is 0. The van der Waals surface area contributed by atoms with E-state index in [4.69, 9.17) is 4.42 Å². The molecule has 0 fully saturated rings. The van der Waals surface area contributed by atoms with E-state index in [9.17, 15) is 13.2 Å². The van der Waals surface area contributed by atoms with Gasteiger partial charge >= 0.3 is 0 Å². The number of nitrogens with zero attached hydrogens (tertiary/aromatic N) is 1. The smallest absolute Gasteiger partial charge is 0.253 e. The Morgan fingerprint density at radius 1 is 1.27 bits per heavy atom. The Bertz CT molecular complexity index is 765. The van der Waals surface area contributed by atoms with E-state index in [1.807, 2.05) is 0 Å². The van der Waals surface area contributed by atoms with Crippen molar-refractivity contribution in [3.05, 3.63) is 53.5 Å². The molecule has 22 heavy (non-hydrogen) atoms. The number of rotatable bonds is 5. The average Bonchev–Trinajstić information content (AvgIpc) is 2.98. The molecule has 2 aromatic rings. The van der Waals surface area contributed by atoms with E-state index in [0.717, 1.165) is 5.56 Å². The number of carbonyl (C=O) groups excluding carboxylic acids is 1. The highest BCUT2D eigenvalue weighted by Crippen LogP contribution is 2.17. The fourth-order valence-electron chi connectivity index (χ4n) is 1.90. The largest absolute Gasteiger partial charge is 0.468 e. The normalized spacial score (nSPS) is 11.4. The van der Waals surface area contributed by atoms with Gasteiger partial charge < -0.3 is 9.32 Å². The molecule has 1 aromatic carbocycles. The van der Waals surface area contributed by atoms with Crippen LogP contribution < -0.4 is 4.72 Å². The van der Waals surface area contributed by atoms with E-state index >= 15 is 0 Å². The molecule has 1 amide bonds. The monoisotopic (exact) mass is 322 g/mol. The van der Waals surface area contributed by atoms with Crippen LogP contribution in [0.3, 0.4) is 0 Å². The van der Waals surface area contributed by atoms with Gasteiger partial charge in [0.15, 0.2) is 0 Å². The molecule has 1 N–H and O–H groups in total. The molecule has 0 saturated carbocycles. The minimum atomic E-state index is -3.72. The van der Waals surface area contributed by atoms with Gasteiger partial charge in [-0.05, 0) is 36.8 Å². The molecule has 0 aliphatic heterocycles. The minimum Gasteiger partial charge on any atom is -0.468 e. The lowest BCUT2D eigenvalue weighted by Gasteiger charge is -2.14. The third-order valence-electron chi connectivity index (χ3n) is 3.17. The first-order chi connectivity index (χ1) is 10.3.